The van der Waals surface area contributed by atoms with Gasteiger partial charge >= 0.3 is 12.4 Å². The molecule has 8 nitrogen and oxygen atoms in total. The summed E-state index contributed by atoms with van der Waals surface area (Å²) in [5.41, 5.74) is -7.08. The first kappa shape index (κ1) is 26.2. The molecule has 14 heteroatoms. The molecule has 5 rings (SSSR count). The molecule has 0 fully saturated rings. The predicted octanol–water partition coefficient (Wildman–Crippen LogP) is 5.52. The average molecular weight is 549 g/mol. The van der Waals surface area contributed by atoms with E-state index < -0.39 is 46.6 Å². The van der Waals surface area contributed by atoms with Crippen molar-refractivity contribution in [2.45, 2.75) is 24.9 Å². The number of fused-ring (bicyclic) bond motifs is 1. The number of rotatable bonds is 5. The first-order chi connectivity index (χ1) is 18.4. The second-order valence-electron chi connectivity index (χ2n) is 8.42. The summed E-state index contributed by atoms with van der Waals surface area (Å²) in [4.78, 5) is 17.6. The van der Waals surface area contributed by atoms with E-state index in [1.54, 1.807) is 6.07 Å². The van der Waals surface area contributed by atoms with Crippen LogP contribution in [-0.4, -0.2) is 38.1 Å². The molecule has 3 aromatic heterocycles. The Hall–Kier alpha value is -4.46. The molecule has 0 aliphatic heterocycles. The molecular formula is C25H17F6N5O3. The number of hydrogen-bond donors (Lipinski definition) is 1. The number of alkyl halides is 6. The smallest absolute Gasteiger partial charge is 0.416 e. The molecule has 3 heterocycles. The molecule has 0 unspecified atom stereocenters. The summed E-state index contributed by atoms with van der Waals surface area (Å²) in [6, 6.07) is 14.0. The van der Waals surface area contributed by atoms with Gasteiger partial charge in [-0.25, -0.2) is 4.98 Å². The van der Waals surface area contributed by atoms with Gasteiger partial charge in [-0.1, -0.05) is 60.7 Å². The van der Waals surface area contributed by atoms with Gasteiger partial charge in [0.05, 0.1) is 11.3 Å². The lowest BCUT2D eigenvalue weighted by atomic mass is 9.92. The van der Waals surface area contributed by atoms with Crippen molar-refractivity contribution in [3.8, 4) is 22.6 Å². The summed E-state index contributed by atoms with van der Waals surface area (Å²) in [6.45, 7) is 1.29. The number of ether oxygens (including phenoxy) is 1. The van der Waals surface area contributed by atoms with Gasteiger partial charge in [0.15, 0.2) is 5.65 Å². The van der Waals surface area contributed by atoms with Crippen molar-refractivity contribution in [3.05, 3.63) is 93.9 Å². The van der Waals surface area contributed by atoms with Crippen LogP contribution in [0.15, 0.2) is 69.9 Å². The zero-order valence-corrected chi connectivity index (χ0v) is 20.1. The highest BCUT2D eigenvalue weighted by Gasteiger charge is 2.62. The first-order valence-corrected chi connectivity index (χ1v) is 11.2. The quantitative estimate of drug-likeness (QED) is 0.290. The Balaban J connectivity index is 1.74. The zero-order chi connectivity index (χ0) is 28.2. The van der Waals surface area contributed by atoms with Gasteiger partial charge in [-0.05, 0) is 12.5 Å². The highest BCUT2D eigenvalue weighted by atomic mass is 19.4. The van der Waals surface area contributed by atoms with Crippen LogP contribution in [0.5, 0.6) is 0 Å². The van der Waals surface area contributed by atoms with Gasteiger partial charge in [-0.2, -0.15) is 30.9 Å². The van der Waals surface area contributed by atoms with Gasteiger partial charge in [0.2, 0.25) is 0 Å². The molecule has 202 valence electrons. The maximum atomic E-state index is 14.4. The van der Waals surface area contributed by atoms with Gasteiger partial charge in [-0.3, -0.25) is 9.89 Å². The fraction of sp³-hybridized carbons (Fsp3) is 0.200. The van der Waals surface area contributed by atoms with E-state index in [2.05, 4.69) is 15.2 Å². The van der Waals surface area contributed by atoms with E-state index in [4.69, 9.17) is 9.15 Å². The molecule has 0 aliphatic rings. The minimum atomic E-state index is -5.08. The Labute approximate surface area is 214 Å². The van der Waals surface area contributed by atoms with E-state index in [-0.39, 0.29) is 28.0 Å². The standard InChI is InChI=1S/C25H17F6N5O3/c1-13-16(20-33-34-22(39-20)23(38-2,25(29,30)31)15-11-7-4-8-12-15)21(37)36-19(32-13)17(14-9-5-3-6-10-14)18(35-36)24(26,27)28/h3-12,35H,1-2H3/t23-/m1/s1. The molecule has 1 atom stereocenters. The molecule has 0 saturated carbocycles. The largest absolute Gasteiger partial charge is 0.433 e. The minimum Gasteiger partial charge on any atom is -0.416 e. The molecule has 0 saturated heterocycles. The van der Waals surface area contributed by atoms with Crippen molar-refractivity contribution >= 4 is 5.65 Å². The lowest BCUT2D eigenvalue weighted by Gasteiger charge is -2.31. The summed E-state index contributed by atoms with van der Waals surface area (Å²) >= 11 is 0. The fourth-order valence-electron chi connectivity index (χ4n) is 4.38. The molecule has 39 heavy (non-hydrogen) atoms. The number of aromatic nitrogens is 5. The van der Waals surface area contributed by atoms with Gasteiger partial charge < -0.3 is 9.15 Å². The third-order valence-corrected chi connectivity index (χ3v) is 6.13. The Kier molecular flexibility index (Phi) is 6.09. The number of benzene rings is 2. The van der Waals surface area contributed by atoms with E-state index in [9.17, 15) is 31.1 Å². The summed E-state index contributed by atoms with van der Waals surface area (Å²) in [5, 5.41) is 9.17. The number of H-pyrrole nitrogens is 1. The Morgan fingerprint density at radius 3 is 2.08 bits per heavy atom. The first-order valence-electron chi connectivity index (χ1n) is 11.2. The third kappa shape index (κ3) is 4.07. The van der Waals surface area contributed by atoms with Crippen LogP contribution in [0.2, 0.25) is 0 Å². The zero-order valence-electron chi connectivity index (χ0n) is 20.1. The van der Waals surface area contributed by atoms with Crippen molar-refractivity contribution in [1.82, 2.24) is 24.8 Å². The van der Waals surface area contributed by atoms with E-state index >= 15 is 0 Å². The highest BCUT2D eigenvalue weighted by Crippen LogP contribution is 2.47. The van der Waals surface area contributed by atoms with Crippen LogP contribution in [0.1, 0.15) is 22.8 Å². The van der Waals surface area contributed by atoms with Crippen molar-refractivity contribution in [2.75, 3.05) is 7.11 Å². The SMILES string of the molecule is CO[C@](c1ccccc1)(c1nnc(-c2c(C)nc3c(-c4ccccc4)c(C(F)(F)F)[nH]n3c2=O)o1)C(F)(F)F. The van der Waals surface area contributed by atoms with Crippen LogP contribution in [0.3, 0.4) is 0 Å². The fourth-order valence-corrected chi connectivity index (χ4v) is 4.38. The number of nitrogens with one attached hydrogen (secondary N) is 1. The molecule has 5 aromatic rings. The van der Waals surface area contributed by atoms with E-state index in [1.165, 1.54) is 49.4 Å². The Morgan fingerprint density at radius 1 is 0.897 bits per heavy atom. The Bertz CT molecular complexity index is 1710. The molecule has 0 radical (unpaired) electrons. The highest BCUT2D eigenvalue weighted by molar-refractivity contribution is 5.81. The summed E-state index contributed by atoms with van der Waals surface area (Å²) in [6.07, 6.45) is -9.97. The van der Waals surface area contributed by atoms with Crippen LogP contribution in [0, 0.1) is 6.92 Å². The minimum absolute atomic E-state index is 0.139. The van der Waals surface area contributed by atoms with Gasteiger partial charge in [0.25, 0.3) is 22.9 Å². The number of aryl methyl sites for hydroxylation is 1. The molecule has 0 amide bonds. The number of hydrogen-bond acceptors (Lipinski definition) is 6. The monoisotopic (exact) mass is 549 g/mol. The molecule has 2 aromatic carbocycles. The van der Waals surface area contributed by atoms with Crippen molar-refractivity contribution in [3.63, 3.8) is 0 Å². The third-order valence-electron chi connectivity index (χ3n) is 6.13. The lowest BCUT2D eigenvalue weighted by Crippen LogP contribution is -2.45. The topological polar surface area (TPSA) is 98.3 Å². The maximum Gasteiger partial charge on any atom is 0.433 e. The molecule has 0 aliphatic carbocycles. The van der Waals surface area contributed by atoms with Crippen LogP contribution >= 0.6 is 0 Å². The summed E-state index contributed by atoms with van der Waals surface area (Å²) in [5.74, 6) is -1.71. The number of halogens is 6. The molecule has 1 N–H and O–H groups in total. The Morgan fingerprint density at radius 2 is 1.51 bits per heavy atom. The summed E-state index contributed by atoms with van der Waals surface area (Å²) in [7, 11) is 0.806. The molecule has 0 spiro atoms. The lowest BCUT2D eigenvalue weighted by molar-refractivity contribution is -0.265. The number of aromatic amines is 1. The second kappa shape index (κ2) is 9.08. The van der Waals surface area contributed by atoms with Crippen molar-refractivity contribution < 1.29 is 35.5 Å². The molecule has 0 bridgehead atoms. The molecular weight excluding hydrogens is 532 g/mol. The van der Waals surface area contributed by atoms with Gasteiger partial charge in [0.1, 0.15) is 11.3 Å². The van der Waals surface area contributed by atoms with E-state index in [0.717, 1.165) is 19.2 Å². The van der Waals surface area contributed by atoms with Crippen LogP contribution in [0.4, 0.5) is 26.3 Å². The number of nitrogens with zero attached hydrogens (tertiary/aromatic N) is 4. The van der Waals surface area contributed by atoms with Gasteiger partial charge in [0, 0.05) is 12.7 Å². The van der Waals surface area contributed by atoms with Crippen LogP contribution in [-0.2, 0) is 16.5 Å². The number of methoxy groups -OCH3 is 1. The normalized spacial score (nSPS) is 14.1. The van der Waals surface area contributed by atoms with Crippen LogP contribution in [0.25, 0.3) is 28.2 Å². The van der Waals surface area contributed by atoms with Crippen molar-refractivity contribution in [2.24, 2.45) is 0 Å². The van der Waals surface area contributed by atoms with Crippen LogP contribution < -0.4 is 5.56 Å². The average Bonchev–Trinajstić information content (AvgIpc) is 3.51. The van der Waals surface area contributed by atoms with Crippen molar-refractivity contribution in [1.29, 1.82) is 0 Å². The maximum absolute atomic E-state index is 14.4. The van der Waals surface area contributed by atoms with E-state index in [0.29, 0.717) is 4.52 Å². The van der Waals surface area contributed by atoms with Gasteiger partial charge in [-0.15, -0.1) is 10.2 Å². The van der Waals surface area contributed by atoms with E-state index in [1.807, 2.05) is 5.10 Å². The second-order valence-corrected chi connectivity index (χ2v) is 8.42. The predicted molar refractivity (Wildman–Crippen MR) is 125 cm³/mol. The summed E-state index contributed by atoms with van der Waals surface area (Å²) < 4.78 is 95.8.